The Balaban J connectivity index is 3.01. The van der Waals surface area contributed by atoms with Gasteiger partial charge in [-0.05, 0) is 31.4 Å². The van der Waals surface area contributed by atoms with Crippen LogP contribution in [0.25, 0.3) is 0 Å². The van der Waals surface area contributed by atoms with E-state index in [9.17, 15) is 4.79 Å². The summed E-state index contributed by atoms with van der Waals surface area (Å²) in [7, 11) is 3.12. The summed E-state index contributed by atoms with van der Waals surface area (Å²) >= 11 is 0. The van der Waals surface area contributed by atoms with Gasteiger partial charge in [0.05, 0.1) is 14.2 Å². The Bertz CT molecular complexity index is 460. The van der Waals surface area contributed by atoms with Crippen LogP contribution in [0, 0.1) is 12.8 Å². The Hall–Kier alpha value is -1.75. The molecule has 118 valence electrons. The Morgan fingerprint density at radius 2 is 1.76 bits per heavy atom. The van der Waals surface area contributed by atoms with E-state index in [4.69, 9.17) is 14.6 Å². The maximum Gasteiger partial charge on any atom is 0.251 e. The highest BCUT2D eigenvalue weighted by Crippen LogP contribution is 2.29. The molecule has 1 amide bonds. The molecule has 1 rings (SSSR count). The number of aliphatic hydroxyl groups excluding tert-OH is 1. The highest BCUT2D eigenvalue weighted by atomic mass is 16.5. The third-order valence-corrected chi connectivity index (χ3v) is 3.58. The summed E-state index contributed by atoms with van der Waals surface area (Å²) in [6, 6.07) is 3.33. The van der Waals surface area contributed by atoms with Crippen molar-refractivity contribution in [3.05, 3.63) is 23.3 Å². The molecule has 5 heteroatoms. The summed E-state index contributed by atoms with van der Waals surface area (Å²) < 4.78 is 10.6. The molecule has 1 aromatic rings. The molecule has 0 aliphatic heterocycles. The summed E-state index contributed by atoms with van der Waals surface area (Å²) in [5, 5.41) is 12.0. The van der Waals surface area contributed by atoms with Gasteiger partial charge in [-0.15, -0.1) is 0 Å². The minimum absolute atomic E-state index is 0.0453. The second kappa shape index (κ2) is 7.88. The van der Waals surface area contributed by atoms with Crippen LogP contribution >= 0.6 is 0 Å². The van der Waals surface area contributed by atoms with Crippen LogP contribution in [0.5, 0.6) is 11.5 Å². The number of aliphatic hydroxyl groups is 1. The summed E-state index contributed by atoms with van der Waals surface area (Å²) in [5.74, 6) is 1.28. The number of hydrogen-bond donors (Lipinski definition) is 2. The number of benzene rings is 1. The van der Waals surface area contributed by atoms with Crippen molar-refractivity contribution < 1.29 is 19.4 Å². The van der Waals surface area contributed by atoms with Gasteiger partial charge in [-0.2, -0.15) is 0 Å². The van der Waals surface area contributed by atoms with E-state index in [2.05, 4.69) is 5.32 Å². The first-order chi connectivity index (χ1) is 9.94. The third kappa shape index (κ3) is 4.36. The number of methoxy groups -OCH3 is 2. The minimum Gasteiger partial charge on any atom is -0.496 e. The van der Waals surface area contributed by atoms with E-state index in [0.29, 0.717) is 23.5 Å². The molecule has 0 saturated heterocycles. The van der Waals surface area contributed by atoms with E-state index >= 15 is 0 Å². The first-order valence-corrected chi connectivity index (χ1v) is 7.08. The zero-order chi connectivity index (χ0) is 16.0. The van der Waals surface area contributed by atoms with E-state index in [1.807, 2.05) is 20.8 Å². The van der Waals surface area contributed by atoms with E-state index in [-0.39, 0.29) is 24.5 Å². The topological polar surface area (TPSA) is 67.8 Å². The number of amides is 1. The van der Waals surface area contributed by atoms with Crippen molar-refractivity contribution in [3.8, 4) is 11.5 Å². The van der Waals surface area contributed by atoms with Crippen molar-refractivity contribution in [2.45, 2.75) is 33.2 Å². The second-order valence-corrected chi connectivity index (χ2v) is 5.34. The summed E-state index contributed by atoms with van der Waals surface area (Å²) in [6.45, 7) is 5.94. The fraction of sp³-hybridized carbons (Fsp3) is 0.562. The quantitative estimate of drug-likeness (QED) is 0.809. The molecule has 0 saturated carbocycles. The fourth-order valence-corrected chi connectivity index (χ4v) is 2.18. The van der Waals surface area contributed by atoms with Crippen LogP contribution in [0.3, 0.4) is 0 Å². The zero-order valence-electron chi connectivity index (χ0n) is 13.4. The SMILES string of the molecule is COc1cc(C(=O)NC(CCO)C(C)C)cc(OC)c1C. The smallest absolute Gasteiger partial charge is 0.251 e. The molecular formula is C16H25NO4. The number of carbonyl (C=O) groups is 1. The molecule has 5 nitrogen and oxygen atoms in total. The molecule has 1 unspecified atom stereocenters. The normalized spacial score (nSPS) is 12.1. The first-order valence-electron chi connectivity index (χ1n) is 7.08. The monoisotopic (exact) mass is 295 g/mol. The second-order valence-electron chi connectivity index (χ2n) is 5.34. The van der Waals surface area contributed by atoms with Gasteiger partial charge in [-0.3, -0.25) is 4.79 Å². The van der Waals surface area contributed by atoms with Crippen LogP contribution in [0.15, 0.2) is 12.1 Å². The molecule has 0 aromatic heterocycles. The van der Waals surface area contributed by atoms with Crippen LogP contribution in [0.4, 0.5) is 0 Å². The molecule has 0 aliphatic carbocycles. The number of rotatable bonds is 7. The van der Waals surface area contributed by atoms with Crippen LogP contribution in [0.2, 0.25) is 0 Å². The molecule has 0 heterocycles. The van der Waals surface area contributed by atoms with Gasteiger partial charge in [0.15, 0.2) is 0 Å². The lowest BCUT2D eigenvalue weighted by Crippen LogP contribution is -2.39. The van der Waals surface area contributed by atoms with E-state index in [0.717, 1.165) is 5.56 Å². The number of nitrogens with one attached hydrogen (secondary N) is 1. The highest BCUT2D eigenvalue weighted by molar-refractivity contribution is 5.95. The molecule has 1 atom stereocenters. The molecule has 0 radical (unpaired) electrons. The van der Waals surface area contributed by atoms with E-state index < -0.39 is 0 Å². The summed E-state index contributed by atoms with van der Waals surface area (Å²) in [5.41, 5.74) is 1.34. The lowest BCUT2D eigenvalue weighted by Gasteiger charge is -2.22. The standard InChI is InChI=1S/C16H25NO4/c1-10(2)13(6-7-18)17-16(19)12-8-14(20-4)11(3)15(9-12)21-5/h8-10,13,18H,6-7H2,1-5H3,(H,17,19). The molecule has 0 aliphatic rings. The van der Waals surface area contributed by atoms with Crippen molar-refractivity contribution in [1.29, 1.82) is 0 Å². The Morgan fingerprint density at radius 3 is 2.14 bits per heavy atom. The minimum atomic E-state index is -0.196. The zero-order valence-corrected chi connectivity index (χ0v) is 13.4. The van der Waals surface area contributed by atoms with Crippen LogP contribution in [-0.2, 0) is 0 Å². The van der Waals surface area contributed by atoms with Gasteiger partial charge in [-0.1, -0.05) is 13.8 Å². The largest absolute Gasteiger partial charge is 0.496 e. The maximum atomic E-state index is 12.4. The Kier molecular flexibility index (Phi) is 6.49. The third-order valence-electron chi connectivity index (χ3n) is 3.58. The number of carbonyl (C=O) groups excluding carboxylic acids is 1. The molecule has 0 fully saturated rings. The van der Waals surface area contributed by atoms with Crippen molar-refractivity contribution in [2.75, 3.05) is 20.8 Å². The Morgan fingerprint density at radius 1 is 1.24 bits per heavy atom. The molecular weight excluding hydrogens is 270 g/mol. The van der Waals surface area contributed by atoms with Gasteiger partial charge in [0.2, 0.25) is 0 Å². The van der Waals surface area contributed by atoms with Crippen LogP contribution in [0.1, 0.15) is 36.2 Å². The van der Waals surface area contributed by atoms with Crippen LogP contribution in [-0.4, -0.2) is 37.9 Å². The predicted octanol–water partition coefficient (Wildman–Crippen LogP) is 2.15. The summed E-state index contributed by atoms with van der Waals surface area (Å²) in [6.07, 6.45) is 0.531. The lowest BCUT2D eigenvalue weighted by atomic mass is 10.0. The average molecular weight is 295 g/mol. The van der Waals surface area contributed by atoms with Crippen LogP contribution < -0.4 is 14.8 Å². The van der Waals surface area contributed by atoms with E-state index in [1.54, 1.807) is 26.4 Å². The van der Waals surface area contributed by atoms with Gasteiger partial charge in [-0.25, -0.2) is 0 Å². The maximum absolute atomic E-state index is 12.4. The molecule has 0 spiro atoms. The first kappa shape index (κ1) is 17.3. The summed E-state index contributed by atoms with van der Waals surface area (Å²) in [4.78, 5) is 12.4. The lowest BCUT2D eigenvalue weighted by molar-refractivity contribution is 0.0916. The van der Waals surface area contributed by atoms with Gasteiger partial charge in [0.25, 0.3) is 5.91 Å². The predicted molar refractivity (Wildman–Crippen MR) is 82.1 cm³/mol. The van der Waals surface area contributed by atoms with E-state index in [1.165, 1.54) is 0 Å². The van der Waals surface area contributed by atoms with Gasteiger partial charge in [0.1, 0.15) is 11.5 Å². The Labute approximate surface area is 126 Å². The van der Waals surface area contributed by atoms with Gasteiger partial charge in [0, 0.05) is 23.8 Å². The van der Waals surface area contributed by atoms with Crippen molar-refractivity contribution in [1.82, 2.24) is 5.32 Å². The molecule has 0 bridgehead atoms. The van der Waals surface area contributed by atoms with Gasteiger partial charge >= 0.3 is 0 Å². The van der Waals surface area contributed by atoms with Crippen molar-refractivity contribution in [2.24, 2.45) is 5.92 Å². The molecule has 1 aromatic carbocycles. The molecule has 2 N–H and O–H groups in total. The number of hydrogen-bond acceptors (Lipinski definition) is 4. The number of ether oxygens (including phenoxy) is 2. The average Bonchev–Trinajstić information content (AvgIpc) is 2.46. The van der Waals surface area contributed by atoms with Crippen molar-refractivity contribution in [3.63, 3.8) is 0 Å². The highest BCUT2D eigenvalue weighted by Gasteiger charge is 2.19. The molecule has 21 heavy (non-hydrogen) atoms. The van der Waals surface area contributed by atoms with Gasteiger partial charge < -0.3 is 19.9 Å². The fourth-order valence-electron chi connectivity index (χ4n) is 2.18. The van der Waals surface area contributed by atoms with Crippen molar-refractivity contribution >= 4 is 5.91 Å².